The second-order valence-electron chi connectivity index (χ2n) is 1.79. The van der Waals surface area contributed by atoms with Gasteiger partial charge in [0.2, 0.25) is 0 Å². The predicted molar refractivity (Wildman–Crippen MR) is 35.0 cm³/mol. The topological polar surface area (TPSA) is 22.1 Å². The zero-order valence-corrected chi connectivity index (χ0v) is 5.37. The van der Waals surface area contributed by atoms with Gasteiger partial charge in [0.05, 0.1) is 6.61 Å². The smallest absolute Gasteiger partial charge is 0.0714 e. The molecule has 0 aliphatic heterocycles. The molecule has 1 aromatic heterocycles. The molecule has 0 unspecified atom stereocenters. The van der Waals surface area contributed by atoms with Crippen molar-refractivity contribution in [3.05, 3.63) is 30.1 Å². The van der Waals surface area contributed by atoms with E-state index in [0.29, 0.717) is 6.61 Å². The lowest BCUT2D eigenvalue weighted by Crippen LogP contribution is -1.85. The van der Waals surface area contributed by atoms with Gasteiger partial charge >= 0.3 is 0 Å². The Labute approximate surface area is 54.5 Å². The van der Waals surface area contributed by atoms with E-state index in [1.54, 1.807) is 19.5 Å². The number of aromatic nitrogens is 1. The van der Waals surface area contributed by atoms with Gasteiger partial charge < -0.3 is 4.74 Å². The summed E-state index contributed by atoms with van der Waals surface area (Å²) in [5.41, 5.74) is 1.16. The monoisotopic (exact) mass is 123 g/mol. The quantitative estimate of drug-likeness (QED) is 0.590. The number of hydrogen-bond donors (Lipinski definition) is 0. The molecular formula is C7H9NO. The van der Waals surface area contributed by atoms with E-state index in [0.717, 1.165) is 5.56 Å². The number of nitrogens with zero attached hydrogens (tertiary/aromatic N) is 1. The second-order valence-corrected chi connectivity index (χ2v) is 1.79. The van der Waals surface area contributed by atoms with Gasteiger partial charge in [0.15, 0.2) is 0 Å². The van der Waals surface area contributed by atoms with Gasteiger partial charge in [-0.15, -0.1) is 0 Å². The molecule has 0 fully saturated rings. The van der Waals surface area contributed by atoms with Gasteiger partial charge in [-0.25, -0.2) is 0 Å². The van der Waals surface area contributed by atoms with Crippen LogP contribution in [0, 0.1) is 0 Å². The number of pyridine rings is 1. The van der Waals surface area contributed by atoms with Crippen molar-refractivity contribution in [3.8, 4) is 0 Å². The van der Waals surface area contributed by atoms with E-state index in [9.17, 15) is 0 Å². The van der Waals surface area contributed by atoms with Crippen LogP contribution in [0.1, 0.15) is 5.56 Å². The average molecular weight is 123 g/mol. The molecule has 9 heavy (non-hydrogen) atoms. The maximum absolute atomic E-state index is 4.90. The van der Waals surface area contributed by atoms with Crippen LogP contribution in [0.2, 0.25) is 0 Å². The minimum absolute atomic E-state index is 0.669. The lowest BCUT2D eigenvalue weighted by Gasteiger charge is -1.94. The molecule has 0 saturated heterocycles. The van der Waals surface area contributed by atoms with Crippen molar-refractivity contribution in [1.29, 1.82) is 0 Å². The summed E-state index contributed by atoms with van der Waals surface area (Å²) in [6, 6.07) is 3.87. The van der Waals surface area contributed by atoms with E-state index < -0.39 is 0 Å². The molecule has 0 atom stereocenters. The third-order valence-corrected chi connectivity index (χ3v) is 1.06. The van der Waals surface area contributed by atoms with Crippen LogP contribution in [-0.2, 0) is 11.3 Å². The van der Waals surface area contributed by atoms with Crippen molar-refractivity contribution in [3.63, 3.8) is 0 Å². The van der Waals surface area contributed by atoms with Crippen LogP contribution in [0.25, 0.3) is 0 Å². The summed E-state index contributed by atoms with van der Waals surface area (Å²) >= 11 is 0. The number of rotatable bonds is 2. The highest BCUT2D eigenvalue weighted by atomic mass is 16.5. The number of ether oxygens (including phenoxy) is 1. The highest BCUT2D eigenvalue weighted by Gasteiger charge is 1.85. The van der Waals surface area contributed by atoms with E-state index in [4.69, 9.17) is 4.74 Å². The second kappa shape index (κ2) is 3.20. The molecule has 2 nitrogen and oxygen atoms in total. The highest BCUT2D eigenvalue weighted by molar-refractivity contribution is 5.07. The molecule has 0 spiro atoms. The standard InChI is InChI=1S/C7H9NO/c1-9-6-7-2-4-8-5-3-7/h2-5H,6H2,1H3. The van der Waals surface area contributed by atoms with E-state index in [-0.39, 0.29) is 0 Å². The Morgan fingerprint density at radius 3 is 2.67 bits per heavy atom. The SMILES string of the molecule is COCc1ccncc1. The van der Waals surface area contributed by atoms with Crippen molar-refractivity contribution >= 4 is 0 Å². The average Bonchev–Trinajstić information content (AvgIpc) is 1.91. The van der Waals surface area contributed by atoms with Crippen LogP contribution < -0.4 is 0 Å². The lowest BCUT2D eigenvalue weighted by molar-refractivity contribution is 0.185. The zero-order valence-electron chi connectivity index (χ0n) is 5.37. The van der Waals surface area contributed by atoms with Gasteiger partial charge in [-0.1, -0.05) is 0 Å². The summed E-state index contributed by atoms with van der Waals surface area (Å²) in [5.74, 6) is 0. The first-order valence-electron chi connectivity index (χ1n) is 2.81. The fourth-order valence-electron chi connectivity index (χ4n) is 0.646. The Kier molecular flexibility index (Phi) is 2.22. The first-order valence-corrected chi connectivity index (χ1v) is 2.81. The summed E-state index contributed by atoms with van der Waals surface area (Å²) in [6.45, 7) is 0.669. The Hall–Kier alpha value is -0.890. The van der Waals surface area contributed by atoms with Crippen LogP contribution in [0.15, 0.2) is 24.5 Å². The molecule has 48 valence electrons. The predicted octanol–water partition coefficient (Wildman–Crippen LogP) is 1.23. The molecule has 0 bridgehead atoms. The summed E-state index contributed by atoms with van der Waals surface area (Å²) < 4.78 is 4.90. The minimum Gasteiger partial charge on any atom is -0.380 e. The molecule has 0 aliphatic rings. The number of hydrogen-bond acceptors (Lipinski definition) is 2. The van der Waals surface area contributed by atoms with Gasteiger partial charge in [-0.3, -0.25) is 4.98 Å². The van der Waals surface area contributed by atoms with Crippen molar-refractivity contribution in [2.24, 2.45) is 0 Å². The van der Waals surface area contributed by atoms with Gasteiger partial charge in [0.25, 0.3) is 0 Å². The summed E-state index contributed by atoms with van der Waals surface area (Å²) in [4.78, 5) is 3.87. The Morgan fingerprint density at radius 1 is 1.44 bits per heavy atom. The molecule has 0 saturated carbocycles. The normalized spacial score (nSPS) is 9.44. The molecule has 0 aromatic carbocycles. The molecule has 0 aliphatic carbocycles. The Balaban J connectivity index is 2.61. The van der Waals surface area contributed by atoms with Crippen LogP contribution in [0.5, 0.6) is 0 Å². The van der Waals surface area contributed by atoms with E-state index in [1.807, 2.05) is 12.1 Å². The maximum atomic E-state index is 4.90. The van der Waals surface area contributed by atoms with Crippen molar-refractivity contribution in [1.82, 2.24) is 4.98 Å². The summed E-state index contributed by atoms with van der Waals surface area (Å²) in [6.07, 6.45) is 3.52. The Bertz CT molecular complexity index is 162. The van der Waals surface area contributed by atoms with Gasteiger partial charge in [0.1, 0.15) is 0 Å². The molecule has 0 radical (unpaired) electrons. The Morgan fingerprint density at radius 2 is 2.11 bits per heavy atom. The van der Waals surface area contributed by atoms with Gasteiger partial charge in [0, 0.05) is 19.5 Å². The third-order valence-electron chi connectivity index (χ3n) is 1.06. The van der Waals surface area contributed by atoms with Crippen molar-refractivity contribution < 1.29 is 4.74 Å². The fourth-order valence-corrected chi connectivity index (χ4v) is 0.646. The maximum Gasteiger partial charge on any atom is 0.0714 e. The van der Waals surface area contributed by atoms with E-state index >= 15 is 0 Å². The summed E-state index contributed by atoms with van der Waals surface area (Å²) in [7, 11) is 1.68. The third kappa shape index (κ3) is 1.82. The molecule has 2 heteroatoms. The van der Waals surface area contributed by atoms with E-state index in [2.05, 4.69) is 4.98 Å². The highest BCUT2D eigenvalue weighted by Crippen LogP contribution is 1.95. The van der Waals surface area contributed by atoms with Crippen LogP contribution >= 0.6 is 0 Å². The lowest BCUT2D eigenvalue weighted by atomic mass is 10.3. The van der Waals surface area contributed by atoms with Crippen molar-refractivity contribution in [2.75, 3.05) is 7.11 Å². The van der Waals surface area contributed by atoms with Crippen LogP contribution in [-0.4, -0.2) is 12.1 Å². The van der Waals surface area contributed by atoms with Crippen LogP contribution in [0.3, 0.4) is 0 Å². The van der Waals surface area contributed by atoms with Crippen LogP contribution in [0.4, 0.5) is 0 Å². The zero-order chi connectivity index (χ0) is 6.53. The summed E-state index contributed by atoms with van der Waals surface area (Å²) in [5, 5.41) is 0. The van der Waals surface area contributed by atoms with Gasteiger partial charge in [-0.05, 0) is 17.7 Å². The van der Waals surface area contributed by atoms with Crippen molar-refractivity contribution in [2.45, 2.75) is 6.61 Å². The molecule has 1 aromatic rings. The molecule has 1 heterocycles. The largest absolute Gasteiger partial charge is 0.380 e. The molecular weight excluding hydrogens is 114 g/mol. The van der Waals surface area contributed by atoms with E-state index in [1.165, 1.54) is 0 Å². The number of methoxy groups -OCH3 is 1. The first-order chi connectivity index (χ1) is 4.43. The first kappa shape index (κ1) is 6.23. The van der Waals surface area contributed by atoms with Gasteiger partial charge in [-0.2, -0.15) is 0 Å². The minimum atomic E-state index is 0.669. The fraction of sp³-hybridized carbons (Fsp3) is 0.286. The molecule has 1 rings (SSSR count). The molecule has 0 amide bonds. The molecule has 0 N–H and O–H groups in total.